The molecule has 0 aromatic heterocycles. The molecule has 1 aliphatic heterocycles. The molecular weight excluding hydrogens is 242 g/mol. The second-order valence-electron chi connectivity index (χ2n) is 4.92. The maximum Gasteiger partial charge on any atom is 0.161 e. The molecule has 0 radical (unpaired) electrons. The number of hydrogen-bond acceptors (Lipinski definition) is 4. The lowest BCUT2D eigenvalue weighted by molar-refractivity contribution is 0.0662. The molecule has 0 amide bonds. The zero-order chi connectivity index (χ0) is 13.5. The monoisotopic (exact) mass is 265 g/mol. The molecule has 19 heavy (non-hydrogen) atoms. The van der Waals surface area contributed by atoms with Gasteiger partial charge in [-0.2, -0.15) is 0 Å². The fourth-order valence-corrected chi connectivity index (χ4v) is 2.31. The van der Waals surface area contributed by atoms with Crippen LogP contribution in [0.4, 0.5) is 0 Å². The number of aromatic hydroxyl groups is 1. The first-order valence-corrected chi connectivity index (χ1v) is 7.02. The van der Waals surface area contributed by atoms with Crippen LogP contribution in [-0.2, 0) is 11.3 Å². The second-order valence-corrected chi connectivity index (χ2v) is 4.92. The minimum atomic E-state index is 0.204. The third kappa shape index (κ3) is 4.40. The van der Waals surface area contributed by atoms with Gasteiger partial charge in [0.1, 0.15) is 0 Å². The van der Waals surface area contributed by atoms with Crippen LogP contribution in [-0.4, -0.2) is 31.5 Å². The summed E-state index contributed by atoms with van der Waals surface area (Å²) in [5, 5.41) is 13.1. The summed E-state index contributed by atoms with van der Waals surface area (Å²) in [6.07, 6.45) is 2.29. The summed E-state index contributed by atoms with van der Waals surface area (Å²) >= 11 is 0. The van der Waals surface area contributed by atoms with E-state index in [4.69, 9.17) is 9.47 Å². The van der Waals surface area contributed by atoms with E-state index in [0.29, 0.717) is 12.4 Å². The van der Waals surface area contributed by atoms with Crippen LogP contribution < -0.4 is 10.1 Å². The lowest BCUT2D eigenvalue weighted by atomic mass is 10.0. The average Bonchev–Trinajstić information content (AvgIpc) is 2.44. The van der Waals surface area contributed by atoms with Gasteiger partial charge in [-0.15, -0.1) is 0 Å². The summed E-state index contributed by atoms with van der Waals surface area (Å²) in [6, 6.07) is 5.51. The van der Waals surface area contributed by atoms with E-state index in [1.54, 1.807) is 6.07 Å². The van der Waals surface area contributed by atoms with Crippen molar-refractivity contribution in [1.82, 2.24) is 5.32 Å². The van der Waals surface area contributed by atoms with Crippen molar-refractivity contribution >= 4 is 0 Å². The molecule has 0 saturated carbocycles. The lowest BCUT2D eigenvalue weighted by Gasteiger charge is -2.22. The Labute approximate surface area is 114 Å². The molecule has 1 aromatic rings. The van der Waals surface area contributed by atoms with Crippen molar-refractivity contribution in [1.29, 1.82) is 0 Å². The largest absolute Gasteiger partial charge is 0.504 e. The third-order valence-corrected chi connectivity index (χ3v) is 3.43. The van der Waals surface area contributed by atoms with E-state index >= 15 is 0 Å². The lowest BCUT2D eigenvalue weighted by Crippen LogP contribution is -2.27. The Bertz CT molecular complexity index is 389. The van der Waals surface area contributed by atoms with E-state index in [-0.39, 0.29) is 5.75 Å². The molecule has 0 aliphatic carbocycles. The van der Waals surface area contributed by atoms with Crippen LogP contribution in [0.3, 0.4) is 0 Å². The summed E-state index contributed by atoms with van der Waals surface area (Å²) in [4.78, 5) is 0. The second kappa shape index (κ2) is 7.36. The van der Waals surface area contributed by atoms with Gasteiger partial charge in [0.2, 0.25) is 0 Å². The van der Waals surface area contributed by atoms with Crippen molar-refractivity contribution in [2.75, 3.05) is 26.4 Å². The van der Waals surface area contributed by atoms with E-state index in [9.17, 15) is 5.11 Å². The van der Waals surface area contributed by atoms with Crippen LogP contribution in [0.2, 0.25) is 0 Å². The molecule has 1 fully saturated rings. The molecule has 0 bridgehead atoms. The summed E-state index contributed by atoms with van der Waals surface area (Å²) in [5.74, 6) is 1.49. The van der Waals surface area contributed by atoms with Crippen molar-refractivity contribution < 1.29 is 14.6 Å². The van der Waals surface area contributed by atoms with Gasteiger partial charge in [-0.25, -0.2) is 0 Å². The SMILES string of the molecule is CCOc1cc(CNCC2CCOCC2)ccc1O. The van der Waals surface area contributed by atoms with Crippen LogP contribution >= 0.6 is 0 Å². The fraction of sp³-hybridized carbons (Fsp3) is 0.600. The molecule has 1 aromatic carbocycles. The highest BCUT2D eigenvalue weighted by molar-refractivity contribution is 5.41. The molecule has 2 rings (SSSR count). The Morgan fingerprint density at radius 3 is 2.89 bits per heavy atom. The third-order valence-electron chi connectivity index (χ3n) is 3.43. The molecule has 2 N–H and O–H groups in total. The van der Waals surface area contributed by atoms with Crippen LogP contribution in [0.15, 0.2) is 18.2 Å². The molecule has 4 nitrogen and oxygen atoms in total. The van der Waals surface area contributed by atoms with Gasteiger partial charge in [-0.1, -0.05) is 6.07 Å². The Morgan fingerprint density at radius 1 is 1.37 bits per heavy atom. The first-order valence-electron chi connectivity index (χ1n) is 7.02. The number of phenolic OH excluding ortho intramolecular Hbond substituents is 1. The quantitative estimate of drug-likeness (QED) is 0.828. The van der Waals surface area contributed by atoms with Crippen LogP contribution in [0.5, 0.6) is 11.5 Å². The summed E-state index contributed by atoms with van der Waals surface area (Å²) in [5.41, 5.74) is 1.13. The summed E-state index contributed by atoms with van der Waals surface area (Å²) in [6.45, 7) is 6.08. The van der Waals surface area contributed by atoms with E-state index in [1.165, 1.54) is 0 Å². The van der Waals surface area contributed by atoms with Crippen molar-refractivity contribution in [3.63, 3.8) is 0 Å². The predicted molar refractivity (Wildman–Crippen MR) is 74.5 cm³/mol. The maximum atomic E-state index is 9.64. The van der Waals surface area contributed by atoms with E-state index in [0.717, 1.165) is 50.6 Å². The number of ether oxygens (including phenoxy) is 2. The zero-order valence-corrected chi connectivity index (χ0v) is 11.5. The van der Waals surface area contributed by atoms with E-state index in [1.807, 2.05) is 19.1 Å². The molecule has 1 aliphatic rings. The van der Waals surface area contributed by atoms with Crippen molar-refractivity contribution in [2.24, 2.45) is 5.92 Å². The number of nitrogens with one attached hydrogen (secondary N) is 1. The van der Waals surface area contributed by atoms with Gasteiger partial charge < -0.3 is 19.9 Å². The standard InChI is InChI=1S/C15H23NO3/c1-2-19-15-9-13(3-4-14(15)17)11-16-10-12-5-7-18-8-6-12/h3-4,9,12,16-17H,2,5-8,10-11H2,1H3. The minimum Gasteiger partial charge on any atom is -0.504 e. The molecular formula is C15H23NO3. The molecule has 1 heterocycles. The van der Waals surface area contributed by atoms with Gasteiger partial charge in [0.25, 0.3) is 0 Å². The van der Waals surface area contributed by atoms with Crippen molar-refractivity contribution in [3.8, 4) is 11.5 Å². The fourth-order valence-electron chi connectivity index (χ4n) is 2.31. The molecule has 4 heteroatoms. The number of hydrogen-bond donors (Lipinski definition) is 2. The zero-order valence-electron chi connectivity index (χ0n) is 11.5. The Hall–Kier alpha value is -1.26. The molecule has 106 valence electrons. The number of rotatable bonds is 6. The Balaban J connectivity index is 1.80. The van der Waals surface area contributed by atoms with Crippen LogP contribution in [0.1, 0.15) is 25.3 Å². The van der Waals surface area contributed by atoms with E-state index < -0.39 is 0 Å². The van der Waals surface area contributed by atoms with Crippen LogP contribution in [0.25, 0.3) is 0 Å². The van der Waals surface area contributed by atoms with Gasteiger partial charge in [0.05, 0.1) is 6.61 Å². The van der Waals surface area contributed by atoms with Gasteiger partial charge >= 0.3 is 0 Å². The summed E-state index contributed by atoms with van der Waals surface area (Å²) in [7, 11) is 0. The van der Waals surface area contributed by atoms with Gasteiger partial charge in [0, 0.05) is 19.8 Å². The van der Waals surface area contributed by atoms with Crippen molar-refractivity contribution in [2.45, 2.75) is 26.3 Å². The Morgan fingerprint density at radius 2 is 2.16 bits per heavy atom. The first-order chi connectivity index (χ1) is 9.29. The first kappa shape index (κ1) is 14.2. The normalized spacial score (nSPS) is 16.5. The highest BCUT2D eigenvalue weighted by Crippen LogP contribution is 2.26. The van der Waals surface area contributed by atoms with E-state index in [2.05, 4.69) is 5.32 Å². The highest BCUT2D eigenvalue weighted by Gasteiger charge is 2.13. The number of phenols is 1. The summed E-state index contributed by atoms with van der Waals surface area (Å²) < 4.78 is 10.7. The van der Waals surface area contributed by atoms with Gasteiger partial charge in [0.15, 0.2) is 11.5 Å². The molecule has 0 spiro atoms. The minimum absolute atomic E-state index is 0.204. The van der Waals surface area contributed by atoms with Gasteiger partial charge in [-0.3, -0.25) is 0 Å². The molecule has 0 atom stereocenters. The highest BCUT2D eigenvalue weighted by atomic mass is 16.5. The molecule has 0 unspecified atom stereocenters. The molecule has 1 saturated heterocycles. The van der Waals surface area contributed by atoms with Gasteiger partial charge in [-0.05, 0) is 49.9 Å². The average molecular weight is 265 g/mol. The number of benzene rings is 1. The maximum absolute atomic E-state index is 9.64. The Kier molecular flexibility index (Phi) is 5.48. The van der Waals surface area contributed by atoms with Crippen LogP contribution in [0, 0.1) is 5.92 Å². The topological polar surface area (TPSA) is 50.7 Å². The predicted octanol–water partition coefficient (Wildman–Crippen LogP) is 2.31. The van der Waals surface area contributed by atoms with Crippen molar-refractivity contribution in [3.05, 3.63) is 23.8 Å². The smallest absolute Gasteiger partial charge is 0.161 e.